The summed E-state index contributed by atoms with van der Waals surface area (Å²) in [6, 6.07) is 10.4. The number of ether oxygens (including phenoxy) is 1. The van der Waals surface area contributed by atoms with Gasteiger partial charge in [0.2, 0.25) is 0 Å². The number of rotatable bonds is 3. The van der Waals surface area contributed by atoms with E-state index in [0.717, 1.165) is 47.4 Å². The van der Waals surface area contributed by atoms with Crippen LogP contribution in [-0.2, 0) is 19.9 Å². The monoisotopic (exact) mass is 363 g/mol. The van der Waals surface area contributed by atoms with E-state index in [1.807, 2.05) is 24.6 Å². The van der Waals surface area contributed by atoms with Crippen molar-refractivity contribution in [2.45, 2.75) is 39.2 Å². The zero-order valence-corrected chi connectivity index (χ0v) is 16.3. The summed E-state index contributed by atoms with van der Waals surface area (Å²) in [5.74, 6) is 1.58. The normalized spacial score (nSPS) is 16.1. The number of amides is 1. The molecule has 1 aromatic heterocycles. The van der Waals surface area contributed by atoms with Crippen LogP contribution in [0.5, 0.6) is 5.75 Å². The second kappa shape index (κ2) is 6.72. The molecule has 0 saturated heterocycles. The summed E-state index contributed by atoms with van der Waals surface area (Å²) in [7, 11) is 3.63. The number of aromatic nitrogens is 2. The zero-order valence-electron chi connectivity index (χ0n) is 16.3. The molecule has 4 rings (SSSR count). The molecule has 1 atom stereocenters. The summed E-state index contributed by atoms with van der Waals surface area (Å²) in [4.78, 5) is 17.2. The summed E-state index contributed by atoms with van der Waals surface area (Å²) in [5, 5.41) is 2.76. The smallest absolute Gasteiger partial charge is 0.251 e. The van der Waals surface area contributed by atoms with Crippen molar-refractivity contribution in [3.05, 3.63) is 58.4 Å². The Bertz CT molecular complexity index is 1040. The highest BCUT2D eigenvalue weighted by atomic mass is 16.5. The highest BCUT2D eigenvalue weighted by Crippen LogP contribution is 2.42. The first kappa shape index (κ1) is 17.6. The van der Waals surface area contributed by atoms with Gasteiger partial charge >= 0.3 is 0 Å². The van der Waals surface area contributed by atoms with Gasteiger partial charge in [-0.2, -0.15) is 0 Å². The second-order valence-electron chi connectivity index (χ2n) is 7.09. The molecule has 140 valence electrons. The lowest BCUT2D eigenvalue weighted by Crippen LogP contribution is -2.23. The molecule has 0 aliphatic carbocycles. The van der Waals surface area contributed by atoms with Crippen molar-refractivity contribution in [2.24, 2.45) is 7.05 Å². The van der Waals surface area contributed by atoms with Crippen LogP contribution in [0.15, 0.2) is 30.3 Å². The van der Waals surface area contributed by atoms with Crippen LogP contribution in [0.25, 0.3) is 11.0 Å². The van der Waals surface area contributed by atoms with Crippen LogP contribution in [-0.4, -0.2) is 22.5 Å². The molecule has 1 amide bonds. The molecular formula is C22H25N3O2. The van der Waals surface area contributed by atoms with E-state index in [4.69, 9.17) is 9.72 Å². The number of benzene rings is 2. The summed E-state index contributed by atoms with van der Waals surface area (Å²) >= 11 is 0. The molecule has 5 nitrogen and oxygen atoms in total. The fourth-order valence-electron chi connectivity index (χ4n) is 4.03. The zero-order chi connectivity index (χ0) is 19.1. The van der Waals surface area contributed by atoms with Gasteiger partial charge in [0.25, 0.3) is 5.91 Å². The molecule has 0 unspecified atom stereocenters. The van der Waals surface area contributed by atoms with Crippen molar-refractivity contribution in [1.82, 2.24) is 14.9 Å². The van der Waals surface area contributed by atoms with Crippen molar-refractivity contribution in [3.63, 3.8) is 0 Å². The van der Waals surface area contributed by atoms with E-state index in [1.54, 1.807) is 7.05 Å². The largest absolute Gasteiger partial charge is 0.483 e. The molecule has 27 heavy (non-hydrogen) atoms. The van der Waals surface area contributed by atoms with Crippen LogP contribution in [0.2, 0.25) is 0 Å². The van der Waals surface area contributed by atoms with Gasteiger partial charge in [-0.05, 0) is 43.4 Å². The molecule has 0 fully saturated rings. The molecule has 2 aromatic carbocycles. The van der Waals surface area contributed by atoms with E-state index < -0.39 is 0 Å². The molecule has 0 spiro atoms. The van der Waals surface area contributed by atoms with Gasteiger partial charge in [0, 0.05) is 25.2 Å². The molecule has 0 radical (unpaired) electrons. The van der Waals surface area contributed by atoms with Crippen LogP contribution in [0, 0.1) is 6.92 Å². The van der Waals surface area contributed by atoms with E-state index in [9.17, 15) is 4.79 Å². The van der Waals surface area contributed by atoms with E-state index in [2.05, 4.69) is 36.5 Å². The van der Waals surface area contributed by atoms with E-state index in [0.29, 0.717) is 5.56 Å². The summed E-state index contributed by atoms with van der Waals surface area (Å²) in [6.45, 7) is 4.14. The Kier molecular flexibility index (Phi) is 4.38. The van der Waals surface area contributed by atoms with Gasteiger partial charge in [-0.25, -0.2) is 4.98 Å². The predicted octanol–water partition coefficient (Wildman–Crippen LogP) is 3.87. The fraction of sp³-hybridized carbons (Fsp3) is 0.364. The summed E-state index contributed by atoms with van der Waals surface area (Å²) in [6.07, 6.45) is 2.61. The van der Waals surface area contributed by atoms with Gasteiger partial charge in [0.1, 0.15) is 17.4 Å². The number of nitrogens with one attached hydrogen (secondary N) is 1. The van der Waals surface area contributed by atoms with Crippen molar-refractivity contribution in [1.29, 1.82) is 0 Å². The Balaban J connectivity index is 1.89. The van der Waals surface area contributed by atoms with Gasteiger partial charge in [0.05, 0.1) is 5.52 Å². The maximum atomic E-state index is 12.5. The first-order valence-corrected chi connectivity index (χ1v) is 9.50. The number of aryl methyl sites for hydroxylation is 3. The summed E-state index contributed by atoms with van der Waals surface area (Å²) < 4.78 is 8.53. The maximum Gasteiger partial charge on any atom is 0.251 e. The minimum Gasteiger partial charge on any atom is -0.483 e. The van der Waals surface area contributed by atoms with Gasteiger partial charge in [-0.15, -0.1) is 0 Å². The molecule has 0 saturated carbocycles. The third kappa shape index (κ3) is 2.78. The Morgan fingerprint density at radius 2 is 2.15 bits per heavy atom. The Morgan fingerprint density at radius 1 is 1.37 bits per heavy atom. The van der Waals surface area contributed by atoms with Crippen molar-refractivity contribution < 1.29 is 9.53 Å². The van der Waals surface area contributed by atoms with Crippen LogP contribution in [0.1, 0.15) is 52.3 Å². The quantitative estimate of drug-likeness (QED) is 0.768. The first-order valence-electron chi connectivity index (χ1n) is 9.50. The lowest BCUT2D eigenvalue weighted by molar-refractivity contribution is 0.0959. The number of hydrogen-bond donors (Lipinski definition) is 1. The van der Waals surface area contributed by atoms with Gasteiger partial charge in [-0.1, -0.05) is 31.2 Å². The lowest BCUT2D eigenvalue weighted by atomic mass is 9.91. The van der Waals surface area contributed by atoms with Gasteiger partial charge in [-0.3, -0.25) is 4.79 Å². The first-order chi connectivity index (χ1) is 13.0. The van der Waals surface area contributed by atoms with Crippen molar-refractivity contribution in [3.8, 4) is 5.75 Å². The predicted molar refractivity (Wildman–Crippen MR) is 106 cm³/mol. The third-order valence-corrected chi connectivity index (χ3v) is 5.63. The van der Waals surface area contributed by atoms with E-state index in [1.165, 1.54) is 11.1 Å². The number of carbonyl (C=O) groups excluding carboxylic acids is 1. The number of hydrogen-bond acceptors (Lipinski definition) is 3. The Labute approximate surface area is 159 Å². The maximum absolute atomic E-state index is 12.5. The number of nitrogens with zero attached hydrogens (tertiary/aromatic N) is 2. The van der Waals surface area contributed by atoms with Crippen LogP contribution < -0.4 is 10.1 Å². The standard InChI is InChI=1S/C22H25N3O2/c1-5-14-8-6-7-9-15(14)19-11-10-16-17(22(26)23-3)12-18-20(21(16)27-19)24-13(2)25(18)4/h6-9,12,19H,5,10-11H2,1-4H3,(H,23,26)/t19-/m0/s1. The Morgan fingerprint density at radius 3 is 2.89 bits per heavy atom. The fourth-order valence-corrected chi connectivity index (χ4v) is 4.03. The number of fused-ring (bicyclic) bond motifs is 3. The van der Waals surface area contributed by atoms with Crippen LogP contribution in [0.3, 0.4) is 0 Å². The molecule has 3 aromatic rings. The van der Waals surface area contributed by atoms with Crippen LogP contribution in [0.4, 0.5) is 0 Å². The van der Waals surface area contributed by atoms with Gasteiger partial charge < -0.3 is 14.6 Å². The molecule has 5 heteroatoms. The average Bonchev–Trinajstić information content (AvgIpc) is 3.00. The number of imidazole rings is 1. The van der Waals surface area contributed by atoms with Crippen LogP contribution >= 0.6 is 0 Å². The molecular weight excluding hydrogens is 338 g/mol. The SMILES string of the molecule is CCc1ccccc1[C@@H]1CCc2c(C(=O)NC)cc3c(nc(C)n3C)c2O1. The highest BCUT2D eigenvalue weighted by Gasteiger charge is 2.30. The molecule has 1 aliphatic heterocycles. The lowest BCUT2D eigenvalue weighted by Gasteiger charge is -2.29. The van der Waals surface area contributed by atoms with Crippen molar-refractivity contribution >= 4 is 16.9 Å². The molecule has 1 aliphatic rings. The number of carbonyl (C=O) groups is 1. The third-order valence-electron chi connectivity index (χ3n) is 5.63. The van der Waals surface area contributed by atoms with Gasteiger partial charge in [0.15, 0.2) is 5.75 Å². The topological polar surface area (TPSA) is 56.2 Å². The Hall–Kier alpha value is -2.82. The molecule has 1 N–H and O–H groups in total. The van der Waals surface area contributed by atoms with E-state index >= 15 is 0 Å². The average molecular weight is 363 g/mol. The van der Waals surface area contributed by atoms with E-state index in [-0.39, 0.29) is 12.0 Å². The minimum absolute atomic E-state index is 0.0147. The minimum atomic E-state index is -0.0805. The van der Waals surface area contributed by atoms with Crippen molar-refractivity contribution in [2.75, 3.05) is 7.05 Å². The molecule has 2 heterocycles. The molecule has 0 bridgehead atoms. The summed E-state index contributed by atoms with van der Waals surface area (Å²) in [5.41, 5.74) is 5.96. The second-order valence-corrected chi connectivity index (χ2v) is 7.09. The highest BCUT2D eigenvalue weighted by molar-refractivity contribution is 6.01.